The number of aryl methyl sites for hydroxylation is 1. The second kappa shape index (κ2) is 4.74. The van der Waals surface area contributed by atoms with Gasteiger partial charge in [-0.3, -0.25) is 0 Å². The number of rotatable bonds is 3. The SMILES string of the molecule is C#Cc1cc(C)cc(Nc2nccc(C3CC3)n2)c1. The Labute approximate surface area is 113 Å². The Morgan fingerprint density at radius 1 is 1.32 bits per heavy atom. The number of hydrogen-bond donors (Lipinski definition) is 1. The van der Waals surface area contributed by atoms with Crippen molar-refractivity contribution in [2.24, 2.45) is 0 Å². The molecule has 3 nitrogen and oxygen atoms in total. The summed E-state index contributed by atoms with van der Waals surface area (Å²) in [5, 5.41) is 3.22. The molecular formula is C16H15N3. The maximum Gasteiger partial charge on any atom is 0.227 e. The molecule has 3 heteroatoms. The summed E-state index contributed by atoms with van der Waals surface area (Å²) in [7, 11) is 0. The van der Waals surface area contributed by atoms with Crippen molar-refractivity contribution in [3.8, 4) is 12.3 Å². The van der Waals surface area contributed by atoms with Gasteiger partial charge in [-0.05, 0) is 49.6 Å². The molecule has 0 spiro atoms. The van der Waals surface area contributed by atoms with Crippen LogP contribution in [0.15, 0.2) is 30.5 Å². The maximum atomic E-state index is 5.44. The molecule has 0 aliphatic heterocycles. The van der Waals surface area contributed by atoms with Crippen LogP contribution in [0.5, 0.6) is 0 Å². The summed E-state index contributed by atoms with van der Waals surface area (Å²) in [4.78, 5) is 8.80. The third-order valence-corrected chi connectivity index (χ3v) is 3.17. The smallest absolute Gasteiger partial charge is 0.227 e. The van der Waals surface area contributed by atoms with Crippen LogP contribution in [0.1, 0.15) is 35.6 Å². The topological polar surface area (TPSA) is 37.8 Å². The molecule has 1 aliphatic carbocycles. The summed E-state index contributed by atoms with van der Waals surface area (Å²) in [5.74, 6) is 3.92. The molecule has 0 bridgehead atoms. The molecule has 94 valence electrons. The van der Waals surface area contributed by atoms with E-state index in [-0.39, 0.29) is 0 Å². The summed E-state index contributed by atoms with van der Waals surface area (Å²) in [5.41, 5.74) is 4.04. The van der Waals surface area contributed by atoms with Crippen molar-refractivity contribution in [3.05, 3.63) is 47.3 Å². The highest BCUT2D eigenvalue weighted by Crippen LogP contribution is 2.39. The predicted molar refractivity (Wildman–Crippen MR) is 76.4 cm³/mol. The highest BCUT2D eigenvalue weighted by Gasteiger charge is 2.25. The van der Waals surface area contributed by atoms with Gasteiger partial charge < -0.3 is 5.32 Å². The van der Waals surface area contributed by atoms with Crippen LogP contribution in [0.2, 0.25) is 0 Å². The third kappa shape index (κ3) is 2.74. The molecule has 1 N–H and O–H groups in total. The standard InChI is InChI=1S/C16H15N3/c1-3-12-8-11(2)9-14(10-12)18-16-17-7-6-15(19-16)13-4-5-13/h1,6-10,13H,4-5H2,2H3,(H,17,18,19). The van der Waals surface area contributed by atoms with Gasteiger partial charge in [0.1, 0.15) is 0 Å². The normalized spacial score (nSPS) is 13.9. The van der Waals surface area contributed by atoms with E-state index in [1.807, 2.05) is 31.2 Å². The van der Waals surface area contributed by atoms with Crippen LogP contribution in [0, 0.1) is 19.3 Å². The van der Waals surface area contributed by atoms with E-state index < -0.39 is 0 Å². The molecule has 0 amide bonds. The first-order valence-corrected chi connectivity index (χ1v) is 6.43. The quantitative estimate of drug-likeness (QED) is 0.847. The zero-order valence-corrected chi connectivity index (χ0v) is 10.9. The van der Waals surface area contributed by atoms with Gasteiger partial charge >= 0.3 is 0 Å². The molecule has 0 radical (unpaired) electrons. The third-order valence-electron chi connectivity index (χ3n) is 3.17. The van der Waals surface area contributed by atoms with E-state index in [2.05, 4.69) is 21.2 Å². The van der Waals surface area contributed by atoms with Crippen LogP contribution in [-0.2, 0) is 0 Å². The van der Waals surface area contributed by atoms with Gasteiger partial charge in [-0.1, -0.05) is 5.92 Å². The molecular weight excluding hydrogens is 234 g/mol. The fourth-order valence-corrected chi connectivity index (χ4v) is 2.11. The molecule has 1 aliphatic rings. The van der Waals surface area contributed by atoms with Gasteiger partial charge in [-0.25, -0.2) is 9.97 Å². The molecule has 1 fully saturated rings. The molecule has 19 heavy (non-hydrogen) atoms. The molecule has 2 aromatic rings. The number of terminal acetylenes is 1. The Balaban J connectivity index is 1.86. The van der Waals surface area contributed by atoms with Crippen molar-refractivity contribution in [2.75, 3.05) is 5.32 Å². The fourth-order valence-electron chi connectivity index (χ4n) is 2.11. The largest absolute Gasteiger partial charge is 0.324 e. The lowest BCUT2D eigenvalue weighted by molar-refractivity contribution is 0.993. The van der Waals surface area contributed by atoms with Gasteiger partial charge in [0.15, 0.2) is 0 Å². The van der Waals surface area contributed by atoms with Crippen molar-refractivity contribution >= 4 is 11.6 Å². The fraction of sp³-hybridized carbons (Fsp3) is 0.250. The van der Waals surface area contributed by atoms with Crippen molar-refractivity contribution in [1.29, 1.82) is 0 Å². The molecule has 1 aromatic carbocycles. The Morgan fingerprint density at radius 2 is 2.16 bits per heavy atom. The van der Waals surface area contributed by atoms with Crippen molar-refractivity contribution < 1.29 is 0 Å². The summed E-state index contributed by atoms with van der Waals surface area (Å²) in [6.07, 6.45) is 9.73. The minimum absolute atomic E-state index is 0.627. The van der Waals surface area contributed by atoms with Crippen LogP contribution in [-0.4, -0.2) is 9.97 Å². The van der Waals surface area contributed by atoms with E-state index in [1.165, 1.54) is 12.8 Å². The Bertz CT molecular complexity index is 651. The first-order chi connectivity index (χ1) is 9.24. The van der Waals surface area contributed by atoms with Gasteiger partial charge in [0, 0.05) is 29.1 Å². The lowest BCUT2D eigenvalue weighted by atomic mass is 10.1. The average molecular weight is 249 g/mol. The van der Waals surface area contributed by atoms with Crippen LogP contribution < -0.4 is 5.32 Å². The van der Waals surface area contributed by atoms with Gasteiger partial charge in [0.05, 0.1) is 0 Å². The summed E-state index contributed by atoms with van der Waals surface area (Å²) in [6.45, 7) is 2.02. The average Bonchev–Trinajstić information content (AvgIpc) is 3.22. The van der Waals surface area contributed by atoms with E-state index in [0.717, 1.165) is 22.5 Å². The summed E-state index contributed by atoms with van der Waals surface area (Å²) < 4.78 is 0. The van der Waals surface area contributed by atoms with Crippen molar-refractivity contribution in [2.45, 2.75) is 25.7 Å². The molecule has 1 heterocycles. The Morgan fingerprint density at radius 3 is 2.89 bits per heavy atom. The lowest BCUT2D eigenvalue weighted by Crippen LogP contribution is -1.99. The molecule has 0 saturated heterocycles. The molecule has 1 saturated carbocycles. The molecule has 0 unspecified atom stereocenters. The Hall–Kier alpha value is -2.34. The van der Waals surface area contributed by atoms with Gasteiger partial charge in [-0.15, -0.1) is 6.42 Å². The maximum absolute atomic E-state index is 5.44. The second-order valence-electron chi connectivity index (χ2n) is 4.94. The monoisotopic (exact) mass is 249 g/mol. The molecule has 0 atom stereocenters. The Kier molecular flexibility index (Phi) is 2.92. The van der Waals surface area contributed by atoms with Crippen LogP contribution in [0.25, 0.3) is 0 Å². The number of anilines is 2. The van der Waals surface area contributed by atoms with Crippen LogP contribution in [0.3, 0.4) is 0 Å². The van der Waals surface area contributed by atoms with Gasteiger partial charge in [0.2, 0.25) is 5.95 Å². The van der Waals surface area contributed by atoms with Gasteiger partial charge in [0.25, 0.3) is 0 Å². The minimum atomic E-state index is 0.627. The summed E-state index contributed by atoms with van der Waals surface area (Å²) >= 11 is 0. The number of nitrogens with one attached hydrogen (secondary N) is 1. The minimum Gasteiger partial charge on any atom is -0.324 e. The second-order valence-corrected chi connectivity index (χ2v) is 4.94. The highest BCUT2D eigenvalue weighted by atomic mass is 15.1. The summed E-state index contributed by atoms with van der Waals surface area (Å²) in [6, 6.07) is 7.94. The van der Waals surface area contributed by atoms with E-state index in [9.17, 15) is 0 Å². The zero-order valence-electron chi connectivity index (χ0n) is 10.9. The first kappa shape index (κ1) is 11.7. The molecule has 1 aromatic heterocycles. The number of benzene rings is 1. The van der Waals surface area contributed by atoms with Gasteiger partial charge in [-0.2, -0.15) is 0 Å². The number of nitrogens with zero attached hydrogens (tertiary/aromatic N) is 2. The first-order valence-electron chi connectivity index (χ1n) is 6.43. The van der Waals surface area contributed by atoms with Crippen molar-refractivity contribution in [3.63, 3.8) is 0 Å². The lowest BCUT2D eigenvalue weighted by Gasteiger charge is -2.07. The van der Waals surface area contributed by atoms with E-state index >= 15 is 0 Å². The van der Waals surface area contributed by atoms with Crippen LogP contribution >= 0.6 is 0 Å². The predicted octanol–water partition coefficient (Wildman–Crippen LogP) is 3.39. The van der Waals surface area contributed by atoms with E-state index in [0.29, 0.717) is 11.9 Å². The van der Waals surface area contributed by atoms with Crippen LogP contribution in [0.4, 0.5) is 11.6 Å². The van der Waals surface area contributed by atoms with Crippen molar-refractivity contribution in [1.82, 2.24) is 9.97 Å². The number of aromatic nitrogens is 2. The zero-order chi connectivity index (χ0) is 13.2. The highest BCUT2D eigenvalue weighted by molar-refractivity contribution is 5.58. The van der Waals surface area contributed by atoms with E-state index in [4.69, 9.17) is 6.42 Å². The molecule has 3 rings (SSSR count). The van der Waals surface area contributed by atoms with E-state index in [1.54, 1.807) is 6.20 Å². The number of hydrogen-bond acceptors (Lipinski definition) is 3.